The molecule has 0 fully saturated rings. The van der Waals surface area contributed by atoms with Gasteiger partial charge in [0.15, 0.2) is 0 Å². The van der Waals surface area contributed by atoms with Gasteiger partial charge < -0.3 is 5.32 Å². The fourth-order valence-corrected chi connectivity index (χ4v) is 2.31. The number of nitrogens with one attached hydrogen (secondary N) is 1. The van der Waals surface area contributed by atoms with Crippen LogP contribution < -0.4 is 5.32 Å². The third kappa shape index (κ3) is 3.03. The first kappa shape index (κ1) is 15.8. The van der Waals surface area contributed by atoms with E-state index >= 15 is 0 Å². The number of aryl methyl sites for hydroxylation is 2. The van der Waals surface area contributed by atoms with Crippen molar-refractivity contribution in [2.75, 3.05) is 5.32 Å². The predicted molar refractivity (Wildman–Crippen MR) is 92.9 cm³/mol. The molecular formula is C18H16ClN3. The highest BCUT2D eigenvalue weighted by Gasteiger charge is 2.09. The van der Waals surface area contributed by atoms with Crippen LogP contribution in [0, 0.1) is 25.2 Å². The van der Waals surface area contributed by atoms with Crippen LogP contribution in [0.2, 0.25) is 0 Å². The molecule has 3 nitrogen and oxygen atoms in total. The average molecular weight is 310 g/mol. The van der Waals surface area contributed by atoms with Crippen molar-refractivity contribution in [3.8, 4) is 6.07 Å². The van der Waals surface area contributed by atoms with Crippen molar-refractivity contribution in [2.24, 2.45) is 0 Å². The summed E-state index contributed by atoms with van der Waals surface area (Å²) in [4.78, 5) is 4.35. The normalized spacial score (nSPS) is 9.86. The number of fused-ring (bicyclic) bond motifs is 1. The molecule has 1 N–H and O–H groups in total. The molecule has 4 heteroatoms. The molecule has 0 unspecified atom stereocenters. The van der Waals surface area contributed by atoms with E-state index in [2.05, 4.69) is 29.4 Å². The van der Waals surface area contributed by atoms with E-state index in [0.717, 1.165) is 27.8 Å². The van der Waals surface area contributed by atoms with Gasteiger partial charge >= 0.3 is 0 Å². The molecule has 1 aromatic heterocycles. The van der Waals surface area contributed by atoms with E-state index in [0.29, 0.717) is 5.56 Å². The summed E-state index contributed by atoms with van der Waals surface area (Å²) >= 11 is 0. The van der Waals surface area contributed by atoms with E-state index in [9.17, 15) is 5.26 Å². The second-order valence-corrected chi connectivity index (χ2v) is 5.17. The van der Waals surface area contributed by atoms with Gasteiger partial charge in [0.1, 0.15) is 6.07 Å². The number of pyridine rings is 1. The molecule has 0 aliphatic heterocycles. The van der Waals surface area contributed by atoms with Crippen molar-refractivity contribution in [3.05, 3.63) is 65.4 Å². The quantitative estimate of drug-likeness (QED) is 0.733. The fourth-order valence-electron chi connectivity index (χ4n) is 2.31. The molecule has 0 saturated heterocycles. The number of nitriles is 1. The van der Waals surface area contributed by atoms with E-state index in [-0.39, 0.29) is 12.4 Å². The smallest absolute Gasteiger partial charge is 0.103 e. The Labute approximate surface area is 136 Å². The molecule has 0 saturated carbocycles. The zero-order chi connectivity index (χ0) is 14.8. The van der Waals surface area contributed by atoms with Crippen LogP contribution in [-0.4, -0.2) is 4.98 Å². The lowest BCUT2D eigenvalue weighted by molar-refractivity contribution is 1.35. The maximum atomic E-state index is 9.34. The number of halogens is 1. The van der Waals surface area contributed by atoms with Crippen LogP contribution in [0.25, 0.3) is 10.9 Å². The van der Waals surface area contributed by atoms with Crippen LogP contribution in [0.1, 0.15) is 16.7 Å². The van der Waals surface area contributed by atoms with Gasteiger partial charge in [0.05, 0.1) is 16.8 Å². The van der Waals surface area contributed by atoms with Crippen LogP contribution in [0.5, 0.6) is 0 Å². The lowest BCUT2D eigenvalue weighted by atomic mass is 10.1. The Bertz CT molecular complexity index is 849. The Morgan fingerprint density at radius 1 is 1.00 bits per heavy atom. The van der Waals surface area contributed by atoms with Gasteiger partial charge in [-0.05, 0) is 38.1 Å². The first-order valence-electron chi connectivity index (χ1n) is 6.80. The third-order valence-electron chi connectivity index (χ3n) is 3.46. The molecule has 22 heavy (non-hydrogen) atoms. The van der Waals surface area contributed by atoms with Crippen molar-refractivity contribution in [1.82, 2.24) is 4.98 Å². The standard InChI is InChI=1S/C18H15N3.ClH/c1-12-3-6-15(7-4-12)21-18-14(10-19)11-20-17-8-5-13(2)9-16(17)18;/h3-9,11H,1-2H3,(H,20,21);1H. The Kier molecular flexibility index (Phi) is 4.65. The monoisotopic (exact) mass is 309 g/mol. The molecule has 3 aromatic rings. The Hall–Kier alpha value is -2.57. The highest BCUT2D eigenvalue weighted by molar-refractivity contribution is 5.96. The lowest BCUT2D eigenvalue weighted by Gasteiger charge is -2.12. The molecule has 3 rings (SSSR count). The molecule has 0 aliphatic carbocycles. The molecule has 0 bridgehead atoms. The molecule has 2 aromatic carbocycles. The van der Waals surface area contributed by atoms with Crippen molar-refractivity contribution in [2.45, 2.75) is 13.8 Å². The maximum Gasteiger partial charge on any atom is 0.103 e. The summed E-state index contributed by atoms with van der Waals surface area (Å²) in [6.07, 6.45) is 1.62. The number of aromatic nitrogens is 1. The summed E-state index contributed by atoms with van der Waals surface area (Å²) < 4.78 is 0. The highest BCUT2D eigenvalue weighted by atomic mass is 35.5. The first-order valence-corrected chi connectivity index (χ1v) is 6.80. The minimum Gasteiger partial charge on any atom is -0.354 e. The molecule has 0 atom stereocenters. The first-order chi connectivity index (χ1) is 10.2. The van der Waals surface area contributed by atoms with E-state index in [1.807, 2.05) is 43.3 Å². The van der Waals surface area contributed by atoms with Crippen molar-refractivity contribution in [3.63, 3.8) is 0 Å². The summed E-state index contributed by atoms with van der Waals surface area (Å²) in [5.74, 6) is 0. The molecule has 0 amide bonds. The number of hydrogen-bond acceptors (Lipinski definition) is 3. The van der Waals surface area contributed by atoms with Gasteiger partial charge in [-0.25, -0.2) is 0 Å². The molecule has 0 spiro atoms. The molecule has 1 heterocycles. The summed E-state index contributed by atoms with van der Waals surface area (Å²) in [6, 6.07) is 16.4. The Morgan fingerprint density at radius 3 is 2.36 bits per heavy atom. The summed E-state index contributed by atoms with van der Waals surface area (Å²) in [5.41, 5.74) is 5.56. The maximum absolute atomic E-state index is 9.34. The zero-order valence-electron chi connectivity index (χ0n) is 12.4. The Morgan fingerprint density at radius 2 is 1.68 bits per heavy atom. The number of nitrogens with zero attached hydrogens (tertiary/aromatic N) is 2. The van der Waals surface area contributed by atoms with E-state index in [4.69, 9.17) is 0 Å². The summed E-state index contributed by atoms with van der Waals surface area (Å²) in [5, 5.41) is 13.7. The SMILES string of the molecule is Cc1ccc(Nc2c(C#N)cnc3ccc(C)cc23)cc1.Cl. The lowest BCUT2D eigenvalue weighted by Crippen LogP contribution is -1.97. The second-order valence-electron chi connectivity index (χ2n) is 5.17. The highest BCUT2D eigenvalue weighted by Crippen LogP contribution is 2.29. The second kappa shape index (κ2) is 6.46. The largest absolute Gasteiger partial charge is 0.354 e. The number of anilines is 2. The van der Waals surface area contributed by atoms with Gasteiger partial charge in [-0.2, -0.15) is 5.26 Å². The van der Waals surface area contributed by atoms with Crippen LogP contribution in [0.4, 0.5) is 11.4 Å². The summed E-state index contributed by atoms with van der Waals surface area (Å²) in [7, 11) is 0. The number of rotatable bonds is 2. The van der Waals surface area contributed by atoms with Crippen LogP contribution >= 0.6 is 12.4 Å². The number of benzene rings is 2. The fraction of sp³-hybridized carbons (Fsp3) is 0.111. The third-order valence-corrected chi connectivity index (χ3v) is 3.46. The van der Waals surface area contributed by atoms with Crippen LogP contribution in [-0.2, 0) is 0 Å². The van der Waals surface area contributed by atoms with Crippen molar-refractivity contribution in [1.29, 1.82) is 5.26 Å². The van der Waals surface area contributed by atoms with Gasteiger partial charge in [0.25, 0.3) is 0 Å². The number of hydrogen-bond donors (Lipinski definition) is 1. The van der Waals surface area contributed by atoms with Gasteiger partial charge in [0, 0.05) is 17.3 Å². The van der Waals surface area contributed by atoms with Gasteiger partial charge in [0.2, 0.25) is 0 Å². The van der Waals surface area contributed by atoms with Crippen molar-refractivity contribution >= 4 is 34.7 Å². The molecule has 0 aliphatic rings. The molecule has 110 valence electrons. The zero-order valence-corrected chi connectivity index (χ0v) is 13.2. The van der Waals surface area contributed by atoms with E-state index in [1.165, 1.54) is 5.56 Å². The topological polar surface area (TPSA) is 48.7 Å². The predicted octanol–water partition coefficient (Wildman–Crippen LogP) is 4.89. The Balaban J connectivity index is 0.00000176. The molecule has 0 radical (unpaired) electrons. The molecular weight excluding hydrogens is 294 g/mol. The summed E-state index contributed by atoms with van der Waals surface area (Å²) in [6.45, 7) is 4.09. The van der Waals surface area contributed by atoms with E-state index < -0.39 is 0 Å². The van der Waals surface area contributed by atoms with Crippen molar-refractivity contribution < 1.29 is 0 Å². The van der Waals surface area contributed by atoms with E-state index in [1.54, 1.807) is 6.20 Å². The minimum absolute atomic E-state index is 0. The minimum atomic E-state index is 0. The van der Waals surface area contributed by atoms with Gasteiger partial charge in [-0.1, -0.05) is 29.3 Å². The van der Waals surface area contributed by atoms with Gasteiger partial charge in [-0.15, -0.1) is 12.4 Å². The van der Waals surface area contributed by atoms with Crippen LogP contribution in [0.15, 0.2) is 48.7 Å². The van der Waals surface area contributed by atoms with Gasteiger partial charge in [-0.3, -0.25) is 4.98 Å². The average Bonchev–Trinajstić information content (AvgIpc) is 2.50. The van der Waals surface area contributed by atoms with Crippen LogP contribution in [0.3, 0.4) is 0 Å².